The van der Waals surface area contributed by atoms with E-state index in [9.17, 15) is 0 Å². The van der Waals surface area contributed by atoms with Gasteiger partial charge in [-0.25, -0.2) is 9.97 Å². The normalized spacial score (nSPS) is 15.0. The summed E-state index contributed by atoms with van der Waals surface area (Å²) in [6.45, 7) is 0. The zero-order valence-electron chi connectivity index (χ0n) is 17.9. The lowest BCUT2D eigenvalue weighted by Crippen LogP contribution is -2.19. The summed E-state index contributed by atoms with van der Waals surface area (Å²) >= 11 is 0. The number of aromatic nitrogens is 3. The highest BCUT2D eigenvalue weighted by Crippen LogP contribution is 2.36. The van der Waals surface area contributed by atoms with Crippen molar-refractivity contribution in [2.75, 3.05) is 12.4 Å². The van der Waals surface area contributed by atoms with Crippen LogP contribution in [0.15, 0.2) is 67.1 Å². The first-order valence-electron chi connectivity index (χ1n) is 11.2. The van der Waals surface area contributed by atoms with Crippen molar-refractivity contribution in [3.8, 4) is 22.6 Å². The van der Waals surface area contributed by atoms with Crippen molar-refractivity contribution in [1.29, 1.82) is 0 Å². The van der Waals surface area contributed by atoms with Crippen LogP contribution in [0.4, 0.5) is 5.82 Å². The first-order chi connectivity index (χ1) is 15.3. The van der Waals surface area contributed by atoms with Gasteiger partial charge in [-0.05, 0) is 42.7 Å². The summed E-state index contributed by atoms with van der Waals surface area (Å²) in [5, 5.41) is 4.85. The maximum absolute atomic E-state index is 5.34. The molecule has 0 spiro atoms. The minimum atomic E-state index is 0.466. The van der Waals surface area contributed by atoms with Crippen LogP contribution in [0.2, 0.25) is 0 Å². The van der Waals surface area contributed by atoms with Gasteiger partial charge in [0.05, 0.1) is 12.5 Å². The molecule has 1 N–H and O–H groups in total. The molecule has 5 nitrogen and oxygen atoms in total. The van der Waals surface area contributed by atoms with Gasteiger partial charge in [0.2, 0.25) is 0 Å². The minimum absolute atomic E-state index is 0.466. The Bertz CT molecular complexity index is 1140. The molecule has 1 aliphatic rings. The quantitative estimate of drug-likeness (QED) is 0.395. The van der Waals surface area contributed by atoms with Gasteiger partial charge in [-0.2, -0.15) is 0 Å². The van der Waals surface area contributed by atoms with Crippen LogP contribution in [0.3, 0.4) is 0 Å². The first kappa shape index (κ1) is 19.6. The molecule has 31 heavy (non-hydrogen) atoms. The fraction of sp³-hybridized carbons (Fsp3) is 0.308. The molecule has 0 bridgehead atoms. The first-order valence-corrected chi connectivity index (χ1v) is 11.2. The highest BCUT2D eigenvalue weighted by molar-refractivity contribution is 6.02. The van der Waals surface area contributed by atoms with Gasteiger partial charge in [-0.3, -0.25) is 0 Å². The molecule has 1 saturated carbocycles. The topological polar surface area (TPSA) is 52.0 Å². The molecule has 0 radical (unpaired) electrons. The van der Waals surface area contributed by atoms with Gasteiger partial charge in [-0.1, -0.05) is 56.0 Å². The molecule has 2 aromatic heterocycles. The van der Waals surface area contributed by atoms with Gasteiger partial charge in [0.25, 0.3) is 0 Å². The van der Waals surface area contributed by atoms with Crippen LogP contribution in [0.1, 0.15) is 38.5 Å². The molecule has 5 rings (SSSR count). The summed E-state index contributed by atoms with van der Waals surface area (Å²) in [5.74, 6) is 1.77. The average Bonchev–Trinajstić information content (AvgIpc) is 3.03. The molecule has 4 aromatic rings. The maximum Gasteiger partial charge on any atom is 0.150 e. The van der Waals surface area contributed by atoms with Crippen molar-refractivity contribution < 1.29 is 4.74 Å². The van der Waals surface area contributed by atoms with E-state index in [0.29, 0.717) is 6.04 Å². The van der Waals surface area contributed by atoms with Crippen molar-refractivity contribution in [2.45, 2.75) is 44.6 Å². The van der Waals surface area contributed by atoms with E-state index >= 15 is 0 Å². The predicted octanol–water partition coefficient (Wildman–Crippen LogP) is 6.23. The second-order valence-corrected chi connectivity index (χ2v) is 8.23. The van der Waals surface area contributed by atoms with Crippen LogP contribution in [0.5, 0.6) is 5.75 Å². The summed E-state index contributed by atoms with van der Waals surface area (Å²) < 4.78 is 7.49. The Morgan fingerprint density at radius 3 is 2.35 bits per heavy atom. The van der Waals surface area contributed by atoms with Gasteiger partial charge >= 0.3 is 0 Å². The minimum Gasteiger partial charge on any atom is -0.497 e. The monoisotopic (exact) mass is 412 g/mol. The number of hydrogen-bond acceptors (Lipinski definition) is 4. The zero-order chi connectivity index (χ0) is 21.0. The highest BCUT2D eigenvalue weighted by Gasteiger charge is 2.20. The van der Waals surface area contributed by atoms with E-state index in [1.165, 1.54) is 44.1 Å². The third-order valence-electron chi connectivity index (χ3n) is 6.21. The van der Waals surface area contributed by atoms with Gasteiger partial charge in [0.15, 0.2) is 5.65 Å². The number of fused-ring (bicyclic) bond motifs is 1. The predicted molar refractivity (Wildman–Crippen MR) is 126 cm³/mol. The number of rotatable bonds is 5. The Labute approximate surface area is 183 Å². The van der Waals surface area contributed by atoms with Gasteiger partial charge in [-0.15, -0.1) is 0 Å². The van der Waals surface area contributed by atoms with E-state index in [0.717, 1.165) is 33.9 Å². The molecule has 0 saturated heterocycles. The molecule has 0 aliphatic heterocycles. The lowest BCUT2D eigenvalue weighted by Gasteiger charge is -2.18. The standard InChI is InChI=1S/C26H28N4O/c1-31-22-15-13-21(14-16-22)30-17-23(19-9-5-4-6-10-19)24-25(27-18-28-26(24)30)29-20-11-7-2-3-8-12-20/h4-6,9-10,13-18,20H,2-3,7-8,11-12H2,1H3,(H,27,28,29). The average molecular weight is 413 g/mol. The Morgan fingerprint density at radius 1 is 0.903 bits per heavy atom. The summed E-state index contributed by atoms with van der Waals surface area (Å²) in [7, 11) is 1.69. The Morgan fingerprint density at radius 2 is 1.65 bits per heavy atom. The number of anilines is 1. The van der Waals surface area contributed by atoms with Crippen LogP contribution in [0.25, 0.3) is 27.8 Å². The summed E-state index contributed by atoms with van der Waals surface area (Å²) in [6.07, 6.45) is 11.5. The molecule has 5 heteroatoms. The van der Waals surface area contributed by atoms with Crippen LogP contribution in [0, 0.1) is 0 Å². The fourth-order valence-electron chi connectivity index (χ4n) is 4.56. The van der Waals surface area contributed by atoms with Crippen molar-refractivity contribution in [3.63, 3.8) is 0 Å². The van der Waals surface area contributed by atoms with E-state index in [-0.39, 0.29) is 0 Å². The lowest BCUT2D eigenvalue weighted by molar-refractivity contribution is 0.415. The Balaban J connectivity index is 1.65. The number of benzene rings is 2. The lowest BCUT2D eigenvalue weighted by atomic mass is 10.1. The van der Waals surface area contributed by atoms with Crippen molar-refractivity contribution in [1.82, 2.24) is 14.5 Å². The van der Waals surface area contributed by atoms with Gasteiger partial charge in [0, 0.05) is 23.5 Å². The SMILES string of the molecule is COc1ccc(-n2cc(-c3ccccc3)c3c(NC4CCCCCC4)ncnc32)cc1. The van der Waals surface area contributed by atoms with E-state index in [1.54, 1.807) is 13.4 Å². The molecule has 2 heterocycles. The van der Waals surface area contributed by atoms with Crippen LogP contribution >= 0.6 is 0 Å². The third kappa shape index (κ3) is 4.00. The number of hydrogen-bond donors (Lipinski definition) is 1. The zero-order valence-corrected chi connectivity index (χ0v) is 17.9. The summed E-state index contributed by atoms with van der Waals surface area (Å²) in [4.78, 5) is 9.40. The molecule has 0 amide bonds. The fourth-order valence-corrected chi connectivity index (χ4v) is 4.56. The van der Waals surface area contributed by atoms with E-state index < -0.39 is 0 Å². The van der Waals surface area contributed by atoms with Crippen molar-refractivity contribution in [3.05, 3.63) is 67.1 Å². The largest absolute Gasteiger partial charge is 0.497 e. The number of methoxy groups -OCH3 is 1. The summed E-state index contributed by atoms with van der Waals surface area (Å²) in [5.41, 5.74) is 4.27. The molecule has 0 atom stereocenters. The van der Waals surface area contributed by atoms with Crippen molar-refractivity contribution >= 4 is 16.9 Å². The van der Waals surface area contributed by atoms with Crippen LogP contribution in [-0.2, 0) is 0 Å². The Kier molecular flexibility index (Phi) is 5.57. The van der Waals surface area contributed by atoms with E-state index in [2.05, 4.69) is 52.5 Å². The molecule has 2 aromatic carbocycles. The van der Waals surface area contributed by atoms with Gasteiger partial charge in [0.1, 0.15) is 17.9 Å². The molecule has 1 fully saturated rings. The number of nitrogens with zero attached hydrogens (tertiary/aromatic N) is 3. The Hall–Kier alpha value is -3.34. The second kappa shape index (κ2) is 8.80. The van der Waals surface area contributed by atoms with Crippen LogP contribution in [-0.4, -0.2) is 27.7 Å². The molecule has 158 valence electrons. The smallest absolute Gasteiger partial charge is 0.150 e. The number of nitrogens with one attached hydrogen (secondary N) is 1. The summed E-state index contributed by atoms with van der Waals surface area (Å²) in [6, 6.07) is 19.1. The molecular formula is C26H28N4O. The van der Waals surface area contributed by atoms with Gasteiger partial charge < -0.3 is 14.6 Å². The second-order valence-electron chi connectivity index (χ2n) is 8.23. The molecular weight excluding hydrogens is 384 g/mol. The van der Waals surface area contributed by atoms with Crippen LogP contribution < -0.4 is 10.1 Å². The highest BCUT2D eigenvalue weighted by atomic mass is 16.5. The third-order valence-corrected chi connectivity index (χ3v) is 6.21. The maximum atomic E-state index is 5.34. The van der Waals surface area contributed by atoms with E-state index in [4.69, 9.17) is 14.7 Å². The van der Waals surface area contributed by atoms with E-state index in [1.807, 2.05) is 18.2 Å². The molecule has 0 unspecified atom stereocenters. The van der Waals surface area contributed by atoms with Crippen molar-refractivity contribution in [2.24, 2.45) is 0 Å². The molecule has 1 aliphatic carbocycles. The number of ether oxygens (including phenoxy) is 1.